The van der Waals surface area contributed by atoms with E-state index in [-0.39, 0.29) is 30.0 Å². The monoisotopic (exact) mass is 429 g/mol. The molecule has 1 unspecified atom stereocenters. The van der Waals surface area contributed by atoms with Gasteiger partial charge in [0.25, 0.3) is 0 Å². The molecule has 2 heterocycles. The van der Waals surface area contributed by atoms with E-state index >= 15 is 0 Å². The number of nitrogens with zero attached hydrogens (tertiary/aromatic N) is 3. The molecule has 1 aromatic carbocycles. The molecule has 1 aromatic heterocycles. The van der Waals surface area contributed by atoms with Gasteiger partial charge in [0.2, 0.25) is 11.8 Å². The van der Waals surface area contributed by atoms with Gasteiger partial charge in [0.1, 0.15) is 11.6 Å². The van der Waals surface area contributed by atoms with Crippen LogP contribution in [0.5, 0.6) is 0 Å². The number of carbonyl (C=O) groups is 3. The van der Waals surface area contributed by atoms with Gasteiger partial charge in [0.05, 0.1) is 24.0 Å². The van der Waals surface area contributed by atoms with Crippen LogP contribution in [0.4, 0.5) is 10.5 Å². The highest BCUT2D eigenvalue weighted by Gasteiger charge is 2.29. The number of hydrogen-bond donors (Lipinski definition) is 3. The van der Waals surface area contributed by atoms with Crippen LogP contribution < -0.4 is 11.1 Å². The van der Waals surface area contributed by atoms with Gasteiger partial charge in [-0.1, -0.05) is 30.3 Å². The Morgan fingerprint density at radius 2 is 2.07 bits per heavy atom. The van der Waals surface area contributed by atoms with E-state index in [1.807, 2.05) is 30.3 Å². The maximum atomic E-state index is 12.6. The average molecular weight is 430 g/mol. The van der Waals surface area contributed by atoms with Crippen molar-refractivity contribution in [3.05, 3.63) is 54.4 Å². The predicted octanol–water partition coefficient (Wildman–Crippen LogP) is 2.08. The summed E-state index contributed by atoms with van der Waals surface area (Å²) in [7, 11) is 0. The maximum Gasteiger partial charge on any atom is 0.410 e. The van der Waals surface area contributed by atoms with Crippen molar-refractivity contribution in [2.24, 2.45) is 11.7 Å². The average Bonchev–Trinajstić information content (AvgIpc) is 3.21. The van der Waals surface area contributed by atoms with Crippen LogP contribution in [0.3, 0.4) is 0 Å². The van der Waals surface area contributed by atoms with Gasteiger partial charge < -0.3 is 20.7 Å². The minimum absolute atomic E-state index is 0.192. The van der Waals surface area contributed by atoms with Gasteiger partial charge >= 0.3 is 6.09 Å². The zero-order chi connectivity index (χ0) is 21.5. The number of amides is 3. The lowest BCUT2D eigenvalue weighted by molar-refractivity contribution is -0.121. The summed E-state index contributed by atoms with van der Waals surface area (Å²) in [5.41, 5.74) is 6.45. The Labute approximate surface area is 179 Å². The molecule has 1 atom stereocenters. The fraction of sp³-hybridized carbons (Fsp3) is 0.300. The van der Waals surface area contributed by atoms with Crippen LogP contribution in [0, 0.1) is 5.92 Å². The fourth-order valence-electron chi connectivity index (χ4n) is 3.12. The van der Waals surface area contributed by atoms with Gasteiger partial charge in [-0.2, -0.15) is 5.10 Å². The topological polar surface area (TPSA) is 120 Å². The molecule has 1 aliphatic rings. The maximum absolute atomic E-state index is 12.6. The first-order valence-corrected chi connectivity index (χ1v) is 9.88. The summed E-state index contributed by atoms with van der Waals surface area (Å²) in [6.45, 7) is 1.03. The number of piperidine rings is 1. The van der Waals surface area contributed by atoms with Crippen LogP contribution in [0.15, 0.2) is 48.8 Å². The summed E-state index contributed by atoms with van der Waals surface area (Å²) in [6.07, 6.45) is 5.02. The van der Waals surface area contributed by atoms with Crippen molar-refractivity contribution in [1.29, 1.82) is 0 Å². The summed E-state index contributed by atoms with van der Waals surface area (Å²) in [6, 6.07) is 9.43. The first kappa shape index (κ1) is 21.4. The third-order valence-electron chi connectivity index (χ3n) is 4.61. The van der Waals surface area contributed by atoms with Crippen molar-refractivity contribution in [3.63, 3.8) is 0 Å². The van der Waals surface area contributed by atoms with E-state index in [2.05, 4.69) is 23.0 Å². The molecule has 30 heavy (non-hydrogen) atoms. The van der Waals surface area contributed by atoms with E-state index in [4.69, 9.17) is 10.5 Å². The number of thiol groups is 1. The third kappa shape index (κ3) is 5.86. The first-order chi connectivity index (χ1) is 14.4. The summed E-state index contributed by atoms with van der Waals surface area (Å²) in [5, 5.41) is 7.04. The number of benzene rings is 1. The third-order valence-corrected chi connectivity index (χ3v) is 4.95. The minimum atomic E-state index is -0.650. The van der Waals surface area contributed by atoms with Crippen LogP contribution in [-0.4, -0.2) is 45.7 Å². The molecular weight excluding hydrogens is 406 g/mol. The van der Waals surface area contributed by atoms with Crippen molar-refractivity contribution in [1.82, 2.24) is 14.7 Å². The molecule has 0 spiro atoms. The number of aromatic nitrogens is 2. The highest BCUT2D eigenvalue weighted by atomic mass is 32.1. The van der Waals surface area contributed by atoms with E-state index < -0.39 is 12.0 Å². The van der Waals surface area contributed by atoms with Crippen molar-refractivity contribution < 1.29 is 19.1 Å². The molecule has 10 heteroatoms. The Bertz CT molecular complexity index is 944. The van der Waals surface area contributed by atoms with Gasteiger partial charge in [-0.25, -0.2) is 9.48 Å². The summed E-state index contributed by atoms with van der Waals surface area (Å²) in [4.78, 5) is 37.5. The number of nitrogens with one attached hydrogen (secondary N) is 1. The summed E-state index contributed by atoms with van der Waals surface area (Å²) in [5.74, 6) is -1.22. The van der Waals surface area contributed by atoms with E-state index in [9.17, 15) is 14.4 Å². The molecular formula is C20H23N5O4S. The second kappa shape index (κ2) is 9.97. The SMILES string of the molecule is NC(=O)/C=C(\S)n1cc(NC(=O)C2CCCN(C(=O)OCc3ccccc3)C2)cn1. The van der Waals surface area contributed by atoms with Crippen LogP contribution in [0.25, 0.3) is 5.03 Å². The van der Waals surface area contributed by atoms with Gasteiger partial charge in [0, 0.05) is 19.2 Å². The van der Waals surface area contributed by atoms with E-state index in [0.717, 1.165) is 11.6 Å². The van der Waals surface area contributed by atoms with Crippen molar-refractivity contribution in [3.8, 4) is 0 Å². The second-order valence-electron chi connectivity index (χ2n) is 6.89. The van der Waals surface area contributed by atoms with Crippen LogP contribution in [0.1, 0.15) is 18.4 Å². The molecule has 3 N–H and O–H groups in total. The molecule has 0 radical (unpaired) electrons. The molecule has 1 fully saturated rings. The zero-order valence-electron chi connectivity index (χ0n) is 16.2. The lowest BCUT2D eigenvalue weighted by atomic mass is 9.97. The Morgan fingerprint density at radius 1 is 1.30 bits per heavy atom. The highest BCUT2D eigenvalue weighted by molar-refractivity contribution is 7.90. The molecule has 0 bridgehead atoms. The Kier molecular flexibility index (Phi) is 7.12. The predicted molar refractivity (Wildman–Crippen MR) is 114 cm³/mol. The molecule has 1 aliphatic heterocycles. The number of carbonyl (C=O) groups excluding carboxylic acids is 3. The molecule has 0 aliphatic carbocycles. The van der Waals surface area contributed by atoms with Gasteiger partial charge in [-0.05, 0) is 18.4 Å². The fourth-order valence-corrected chi connectivity index (χ4v) is 3.35. The number of rotatable bonds is 6. The normalized spacial score (nSPS) is 16.8. The summed E-state index contributed by atoms with van der Waals surface area (Å²) >= 11 is 4.14. The number of nitrogens with two attached hydrogens (primary N) is 1. The minimum Gasteiger partial charge on any atom is -0.445 e. The molecule has 158 valence electrons. The van der Waals surface area contributed by atoms with Crippen LogP contribution in [0.2, 0.25) is 0 Å². The molecule has 1 saturated heterocycles. The van der Waals surface area contributed by atoms with Crippen LogP contribution >= 0.6 is 12.6 Å². The molecule has 9 nitrogen and oxygen atoms in total. The lowest BCUT2D eigenvalue weighted by Crippen LogP contribution is -2.43. The molecule has 0 saturated carbocycles. The number of primary amides is 1. The van der Waals surface area contributed by atoms with Gasteiger partial charge in [-0.3, -0.25) is 9.59 Å². The quantitative estimate of drug-likeness (QED) is 0.480. The van der Waals surface area contributed by atoms with Crippen molar-refractivity contribution in [2.45, 2.75) is 19.4 Å². The zero-order valence-corrected chi connectivity index (χ0v) is 17.1. The van der Waals surface area contributed by atoms with E-state index in [1.54, 1.807) is 4.90 Å². The number of likely N-dealkylation sites (tertiary alicyclic amines) is 1. The largest absolute Gasteiger partial charge is 0.445 e. The Hall–Kier alpha value is -3.27. The summed E-state index contributed by atoms with van der Waals surface area (Å²) < 4.78 is 6.68. The smallest absolute Gasteiger partial charge is 0.410 e. The highest BCUT2D eigenvalue weighted by Crippen LogP contribution is 2.20. The number of anilines is 1. The lowest BCUT2D eigenvalue weighted by Gasteiger charge is -2.31. The van der Waals surface area contributed by atoms with E-state index in [1.165, 1.54) is 17.1 Å². The van der Waals surface area contributed by atoms with Crippen LogP contribution in [-0.2, 0) is 20.9 Å². The Morgan fingerprint density at radius 3 is 2.80 bits per heavy atom. The standard InChI is InChI=1S/C20H23N5O4S/c21-17(26)9-18(30)25-12-16(10-22-25)23-19(27)15-7-4-8-24(11-15)20(28)29-13-14-5-2-1-3-6-14/h1-3,5-6,9-10,12,15,30H,4,7-8,11,13H2,(H2,21,26)(H,23,27)/b18-9-. The second-order valence-corrected chi connectivity index (χ2v) is 7.35. The van der Waals surface area contributed by atoms with Crippen molar-refractivity contribution >= 4 is 41.3 Å². The van der Waals surface area contributed by atoms with Gasteiger partial charge in [-0.15, -0.1) is 12.6 Å². The van der Waals surface area contributed by atoms with Crippen molar-refractivity contribution in [2.75, 3.05) is 18.4 Å². The molecule has 3 amide bonds. The Balaban J connectivity index is 1.53. The number of hydrogen-bond acceptors (Lipinski definition) is 6. The molecule has 2 aromatic rings. The number of ether oxygens (including phenoxy) is 1. The molecule has 3 rings (SSSR count). The van der Waals surface area contributed by atoms with E-state index in [0.29, 0.717) is 25.1 Å². The van der Waals surface area contributed by atoms with Gasteiger partial charge in [0.15, 0.2) is 0 Å². The first-order valence-electron chi connectivity index (χ1n) is 9.44.